The first-order valence-electron chi connectivity index (χ1n) is 9.53. The summed E-state index contributed by atoms with van der Waals surface area (Å²) < 4.78 is 1.78. The minimum atomic E-state index is 0.113. The van der Waals surface area contributed by atoms with Gasteiger partial charge in [0.2, 0.25) is 0 Å². The first kappa shape index (κ1) is 18.3. The molecule has 2 aromatic carbocycles. The smallest absolute Gasteiger partial charge is 0.254 e. The van der Waals surface area contributed by atoms with E-state index in [1.54, 1.807) is 4.68 Å². The molecule has 7 nitrogen and oxygen atoms in total. The van der Waals surface area contributed by atoms with E-state index >= 15 is 0 Å². The Hall–Kier alpha value is -3.06. The van der Waals surface area contributed by atoms with Crippen molar-refractivity contribution in [2.45, 2.75) is 20.4 Å². The standard InChI is InChI=1S/C21H24N6O/c1-16-7-9-18(10-8-16)27-20(22-23-24-27)15-25-11-13-26(14-12-25)21(28)19-6-4-3-5-17(19)2/h3-10H,11-15H2,1-2H3. The highest BCUT2D eigenvalue weighted by molar-refractivity contribution is 5.95. The van der Waals surface area contributed by atoms with Crippen molar-refractivity contribution < 1.29 is 4.79 Å². The Balaban J connectivity index is 1.39. The van der Waals surface area contributed by atoms with Gasteiger partial charge in [0, 0.05) is 31.7 Å². The van der Waals surface area contributed by atoms with Gasteiger partial charge in [-0.3, -0.25) is 9.69 Å². The van der Waals surface area contributed by atoms with E-state index in [0.29, 0.717) is 19.6 Å². The topological polar surface area (TPSA) is 67.2 Å². The average molecular weight is 376 g/mol. The van der Waals surface area contributed by atoms with E-state index in [-0.39, 0.29) is 5.91 Å². The maximum absolute atomic E-state index is 12.8. The van der Waals surface area contributed by atoms with Crippen LogP contribution in [0.25, 0.3) is 5.69 Å². The molecule has 0 N–H and O–H groups in total. The third-order valence-corrected chi connectivity index (χ3v) is 5.21. The molecule has 0 atom stereocenters. The molecule has 0 aliphatic carbocycles. The van der Waals surface area contributed by atoms with Gasteiger partial charge in [-0.2, -0.15) is 4.68 Å². The number of aromatic nitrogens is 4. The number of rotatable bonds is 4. The zero-order valence-corrected chi connectivity index (χ0v) is 16.2. The fourth-order valence-corrected chi connectivity index (χ4v) is 3.48. The lowest BCUT2D eigenvalue weighted by Crippen LogP contribution is -2.48. The van der Waals surface area contributed by atoms with Crippen LogP contribution in [0.4, 0.5) is 0 Å². The van der Waals surface area contributed by atoms with Gasteiger partial charge in [0.25, 0.3) is 5.91 Å². The molecule has 1 aliphatic heterocycles. The molecule has 2 heterocycles. The van der Waals surface area contributed by atoms with E-state index in [1.165, 1.54) is 5.56 Å². The summed E-state index contributed by atoms with van der Waals surface area (Å²) in [5, 5.41) is 12.2. The van der Waals surface area contributed by atoms with E-state index in [0.717, 1.165) is 35.7 Å². The summed E-state index contributed by atoms with van der Waals surface area (Å²) in [6.45, 7) is 7.72. The van der Waals surface area contributed by atoms with Crippen LogP contribution in [0, 0.1) is 13.8 Å². The number of nitrogens with zero attached hydrogens (tertiary/aromatic N) is 6. The lowest BCUT2D eigenvalue weighted by molar-refractivity contribution is 0.0624. The molecule has 0 saturated carbocycles. The number of aryl methyl sites for hydroxylation is 2. The molecule has 3 aromatic rings. The number of tetrazole rings is 1. The zero-order valence-electron chi connectivity index (χ0n) is 16.2. The van der Waals surface area contributed by atoms with Crippen molar-refractivity contribution in [1.82, 2.24) is 30.0 Å². The van der Waals surface area contributed by atoms with Gasteiger partial charge >= 0.3 is 0 Å². The highest BCUT2D eigenvalue weighted by Gasteiger charge is 2.24. The molecule has 28 heavy (non-hydrogen) atoms. The van der Waals surface area contributed by atoms with E-state index in [2.05, 4.69) is 39.5 Å². The predicted molar refractivity (Wildman–Crippen MR) is 106 cm³/mol. The van der Waals surface area contributed by atoms with Crippen LogP contribution in [0.2, 0.25) is 0 Å². The van der Waals surface area contributed by atoms with Gasteiger partial charge in [0.05, 0.1) is 12.2 Å². The van der Waals surface area contributed by atoms with Crippen LogP contribution in [0.15, 0.2) is 48.5 Å². The van der Waals surface area contributed by atoms with Crippen molar-refractivity contribution in [1.29, 1.82) is 0 Å². The molecule has 1 fully saturated rings. The number of piperazine rings is 1. The van der Waals surface area contributed by atoms with Crippen molar-refractivity contribution >= 4 is 5.91 Å². The second-order valence-corrected chi connectivity index (χ2v) is 7.23. The minimum absolute atomic E-state index is 0.113. The average Bonchev–Trinajstić information content (AvgIpc) is 3.17. The highest BCUT2D eigenvalue weighted by Crippen LogP contribution is 2.15. The van der Waals surface area contributed by atoms with Crippen molar-refractivity contribution in [3.63, 3.8) is 0 Å². The third-order valence-electron chi connectivity index (χ3n) is 5.21. The summed E-state index contributed by atoms with van der Waals surface area (Å²) in [5.74, 6) is 0.921. The van der Waals surface area contributed by atoms with Crippen LogP contribution >= 0.6 is 0 Å². The van der Waals surface area contributed by atoms with Gasteiger partial charge in [0.1, 0.15) is 0 Å². The van der Waals surface area contributed by atoms with Gasteiger partial charge in [-0.1, -0.05) is 35.9 Å². The minimum Gasteiger partial charge on any atom is -0.336 e. The lowest BCUT2D eigenvalue weighted by atomic mass is 10.1. The molecule has 1 saturated heterocycles. The van der Waals surface area contributed by atoms with Gasteiger partial charge in [-0.05, 0) is 48.0 Å². The van der Waals surface area contributed by atoms with Crippen molar-refractivity contribution in [2.24, 2.45) is 0 Å². The van der Waals surface area contributed by atoms with Crippen molar-refractivity contribution in [3.8, 4) is 5.69 Å². The van der Waals surface area contributed by atoms with Crippen LogP contribution in [-0.2, 0) is 6.54 Å². The molecule has 1 aromatic heterocycles. The first-order valence-corrected chi connectivity index (χ1v) is 9.53. The number of hydrogen-bond acceptors (Lipinski definition) is 5. The Morgan fingerprint density at radius 3 is 2.39 bits per heavy atom. The second kappa shape index (κ2) is 7.90. The molecule has 0 bridgehead atoms. The number of amides is 1. The quantitative estimate of drug-likeness (QED) is 0.699. The number of carbonyl (C=O) groups excluding carboxylic acids is 1. The summed E-state index contributed by atoms with van der Waals surface area (Å²) in [5.41, 5.74) is 3.97. The number of benzene rings is 2. The van der Waals surface area contributed by atoms with Crippen LogP contribution in [0.5, 0.6) is 0 Å². The predicted octanol–water partition coefficient (Wildman–Crippen LogP) is 2.24. The molecule has 0 unspecified atom stereocenters. The zero-order chi connectivity index (χ0) is 19.5. The second-order valence-electron chi connectivity index (χ2n) is 7.23. The van der Waals surface area contributed by atoms with E-state index in [9.17, 15) is 4.79 Å². The summed E-state index contributed by atoms with van der Waals surface area (Å²) in [4.78, 5) is 17.0. The molecule has 1 aliphatic rings. The molecule has 1 amide bonds. The summed E-state index contributed by atoms with van der Waals surface area (Å²) >= 11 is 0. The Labute approximate surface area is 164 Å². The normalized spacial score (nSPS) is 15.0. The Kier molecular flexibility index (Phi) is 5.16. The lowest BCUT2D eigenvalue weighted by Gasteiger charge is -2.34. The Morgan fingerprint density at radius 2 is 1.68 bits per heavy atom. The number of hydrogen-bond donors (Lipinski definition) is 0. The molecule has 4 rings (SSSR count). The fraction of sp³-hybridized carbons (Fsp3) is 0.333. The maximum Gasteiger partial charge on any atom is 0.254 e. The Bertz CT molecular complexity index is 957. The highest BCUT2D eigenvalue weighted by atomic mass is 16.2. The van der Waals surface area contributed by atoms with Gasteiger partial charge in [0.15, 0.2) is 5.82 Å². The number of carbonyl (C=O) groups is 1. The van der Waals surface area contributed by atoms with Gasteiger partial charge in [-0.15, -0.1) is 5.10 Å². The van der Waals surface area contributed by atoms with Crippen LogP contribution in [0.3, 0.4) is 0 Å². The maximum atomic E-state index is 12.8. The fourth-order valence-electron chi connectivity index (χ4n) is 3.48. The monoisotopic (exact) mass is 376 g/mol. The largest absolute Gasteiger partial charge is 0.336 e. The van der Waals surface area contributed by atoms with E-state index in [1.807, 2.05) is 48.2 Å². The summed E-state index contributed by atoms with van der Waals surface area (Å²) in [6.07, 6.45) is 0. The third kappa shape index (κ3) is 3.80. The van der Waals surface area contributed by atoms with E-state index < -0.39 is 0 Å². The molecule has 7 heteroatoms. The van der Waals surface area contributed by atoms with Gasteiger partial charge in [-0.25, -0.2) is 0 Å². The van der Waals surface area contributed by atoms with Gasteiger partial charge < -0.3 is 4.90 Å². The molecule has 0 spiro atoms. The summed E-state index contributed by atoms with van der Waals surface area (Å²) in [6, 6.07) is 15.9. The van der Waals surface area contributed by atoms with Crippen LogP contribution < -0.4 is 0 Å². The molecule has 144 valence electrons. The molecule has 0 radical (unpaired) electrons. The van der Waals surface area contributed by atoms with E-state index in [4.69, 9.17) is 0 Å². The SMILES string of the molecule is Cc1ccc(-n2nnnc2CN2CCN(C(=O)c3ccccc3C)CC2)cc1. The van der Waals surface area contributed by atoms with Crippen molar-refractivity contribution in [3.05, 3.63) is 71.0 Å². The Morgan fingerprint density at radius 1 is 0.964 bits per heavy atom. The van der Waals surface area contributed by atoms with Crippen LogP contribution in [-0.4, -0.2) is 62.1 Å². The van der Waals surface area contributed by atoms with Crippen molar-refractivity contribution in [2.75, 3.05) is 26.2 Å². The summed E-state index contributed by atoms with van der Waals surface area (Å²) in [7, 11) is 0. The first-order chi connectivity index (χ1) is 13.6. The van der Waals surface area contributed by atoms with Crippen LogP contribution in [0.1, 0.15) is 27.3 Å². The molecular weight excluding hydrogens is 352 g/mol. The molecular formula is C21H24N6O.